The Hall–Kier alpha value is -2.66. The maximum absolute atomic E-state index is 12.9. The third kappa shape index (κ3) is 3.22. The normalized spacial score (nSPS) is 16.2. The van der Waals surface area contributed by atoms with Crippen molar-refractivity contribution >= 4 is 17.5 Å². The van der Waals surface area contributed by atoms with Gasteiger partial charge in [-0.2, -0.15) is 0 Å². The van der Waals surface area contributed by atoms with Crippen molar-refractivity contribution in [2.75, 3.05) is 31.6 Å². The Bertz CT molecular complexity index is 841. The molecule has 0 radical (unpaired) electrons. The lowest BCUT2D eigenvalue weighted by Crippen LogP contribution is -2.41. The summed E-state index contributed by atoms with van der Waals surface area (Å²) in [4.78, 5) is 27.5. The van der Waals surface area contributed by atoms with Crippen molar-refractivity contribution < 1.29 is 14.3 Å². The van der Waals surface area contributed by atoms with Gasteiger partial charge in [-0.1, -0.05) is 24.3 Å². The Kier molecular flexibility index (Phi) is 4.71. The molecule has 0 atom stereocenters. The molecular weight excluding hydrogens is 328 g/mol. The van der Waals surface area contributed by atoms with Gasteiger partial charge in [0.1, 0.15) is 0 Å². The third-order valence-corrected chi connectivity index (χ3v) is 5.09. The molecule has 0 saturated carbocycles. The first-order valence-corrected chi connectivity index (χ1v) is 9.12. The molecule has 26 heavy (non-hydrogen) atoms. The number of nitrogens with one attached hydrogen (secondary N) is 1. The van der Waals surface area contributed by atoms with Crippen LogP contribution in [0.3, 0.4) is 0 Å². The highest BCUT2D eigenvalue weighted by atomic mass is 16.5. The molecule has 5 heteroatoms. The number of carbonyl (C=O) groups is 2. The quantitative estimate of drug-likeness (QED) is 0.926. The largest absolute Gasteiger partial charge is 0.378 e. The van der Waals surface area contributed by atoms with Crippen LogP contribution in [0.5, 0.6) is 0 Å². The average Bonchev–Trinajstić information content (AvgIpc) is 3.17. The highest BCUT2D eigenvalue weighted by Gasteiger charge is 2.23. The standard InChI is InChI=1S/C21H22N2O3/c24-20(17-9-4-6-15-5-3-8-16(15)17)22-19-10-2-1-7-18(19)21(25)23-11-13-26-14-12-23/h1-2,4,6-7,9-10H,3,5,8,11-14H2,(H,22,24). The molecule has 1 N–H and O–H groups in total. The Morgan fingerprint density at radius 1 is 0.923 bits per heavy atom. The minimum absolute atomic E-state index is 0.0671. The van der Waals surface area contributed by atoms with Crippen molar-refractivity contribution in [3.8, 4) is 0 Å². The number of ether oxygens (including phenoxy) is 1. The van der Waals surface area contributed by atoms with Crippen LogP contribution in [-0.2, 0) is 17.6 Å². The van der Waals surface area contributed by atoms with Crippen LogP contribution in [0, 0.1) is 0 Å². The summed E-state index contributed by atoms with van der Waals surface area (Å²) in [5, 5.41) is 2.96. The summed E-state index contributed by atoms with van der Waals surface area (Å²) in [6.45, 7) is 2.26. The molecule has 0 spiro atoms. The molecule has 2 aliphatic rings. The molecule has 5 nitrogen and oxygen atoms in total. The number of morpholine rings is 1. The molecule has 4 rings (SSSR count). The van der Waals surface area contributed by atoms with E-state index in [-0.39, 0.29) is 11.8 Å². The van der Waals surface area contributed by atoms with E-state index in [9.17, 15) is 9.59 Å². The van der Waals surface area contributed by atoms with E-state index in [0.29, 0.717) is 43.1 Å². The Labute approximate surface area is 153 Å². The van der Waals surface area contributed by atoms with Gasteiger partial charge < -0.3 is 15.0 Å². The van der Waals surface area contributed by atoms with Crippen LogP contribution in [0.2, 0.25) is 0 Å². The second kappa shape index (κ2) is 7.30. The van der Waals surface area contributed by atoms with Crippen molar-refractivity contribution in [1.82, 2.24) is 4.90 Å². The highest BCUT2D eigenvalue weighted by molar-refractivity contribution is 6.09. The second-order valence-corrected chi connectivity index (χ2v) is 6.70. The molecule has 2 aromatic carbocycles. The second-order valence-electron chi connectivity index (χ2n) is 6.70. The molecule has 1 heterocycles. The van der Waals surface area contributed by atoms with Gasteiger partial charge in [0.25, 0.3) is 11.8 Å². The fourth-order valence-electron chi connectivity index (χ4n) is 3.74. The summed E-state index contributed by atoms with van der Waals surface area (Å²) in [5.74, 6) is -0.214. The van der Waals surface area contributed by atoms with Crippen LogP contribution in [0.15, 0.2) is 42.5 Å². The summed E-state index contributed by atoms with van der Waals surface area (Å²) in [6.07, 6.45) is 3.06. The molecule has 1 fully saturated rings. The Balaban J connectivity index is 1.58. The first kappa shape index (κ1) is 16.8. The predicted molar refractivity (Wildman–Crippen MR) is 99.6 cm³/mol. The molecule has 0 unspecified atom stereocenters. The van der Waals surface area contributed by atoms with Gasteiger partial charge in [-0.05, 0) is 48.6 Å². The zero-order chi connectivity index (χ0) is 17.9. The van der Waals surface area contributed by atoms with E-state index in [0.717, 1.165) is 24.8 Å². The lowest BCUT2D eigenvalue weighted by molar-refractivity contribution is 0.0303. The number of fused-ring (bicyclic) bond motifs is 1. The van der Waals surface area contributed by atoms with Gasteiger partial charge in [0.15, 0.2) is 0 Å². The van der Waals surface area contributed by atoms with Crippen molar-refractivity contribution in [2.45, 2.75) is 19.3 Å². The molecule has 2 amide bonds. The van der Waals surface area contributed by atoms with Crippen LogP contribution >= 0.6 is 0 Å². The zero-order valence-electron chi connectivity index (χ0n) is 14.7. The van der Waals surface area contributed by atoms with Crippen LogP contribution < -0.4 is 5.32 Å². The van der Waals surface area contributed by atoms with Crippen molar-refractivity contribution in [1.29, 1.82) is 0 Å². The van der Waals surface area contributed by atoms with E-state index in [4.69, 9.17) is 4.74 Å². The summed E-state index contributed by atoms with van der Waals surface area (Å²) in [7, 11) is 0. The summed E-state index contributed by atoms with van der Waals surface area (Å²) in [5.41, 5.74) is 4.20. The molecule has 1 saturated heterocycles. The van der Waals surface area contributed by atoms with E-state index in [2.05, 4.69) is 11.4 Å². The minimum Gasteiger partial charge on any atom is -0.378 e. The van der Waals surface area contributed by atoms with E-state index in [1.807, 2.05) is 24.3 Å². The van der Waals surface area contributed by atoms with Gasteiger partial charge in [-0.3, -0.25) is 9.59 Å². The molecule has 134 valence electrons. The number of hydrogen-bond donors (Lipinski definition) is 1. The van der Waals surface area contributed by atoms with Gasteiger partial charge in [0.2, 0.25) is 0 Å². The topological polar surface area (TPSA) is 58.6 Å². The predicted octanol–water partition coefficient (Wildman–Crippen LogP) is 2.90. The van der Waals surface area contributed by atoms with Crippen LogP contribution in [0.25, 0.3) is 0 Å². The number of carbonyl (C=O) groups excluding carboxylic acids is 2. The molecule has 0 bridgehead atoms. The number of amides is 2. The molecule has 0 aromatic heterocycles. The number of para-hydroxylation sites is 1. The minimum atomic E-state index is -0.147. The summed E-state index contributed by atoms with van der Waals surface area (Å²) >= 11 is 0. The summed E-state index contributed by atoms with van der Waals surface area (Å²) < 4.78 is 5.32. The Morgan fingerprint density at radius 2 is 1.69 bits per heavy atom. The monoisotopic (exact) mass is 350 g/mol. The molecule has 1 aliphatic heterocycles. The lowest BCUT2D eigenvalue weighted by Gasteiger charge is -2.27. The van der Waals surface area contributed by atoms with Crippen molar-refractivity contribution in [3.63, 3.8) is 0 Å². The Morgan fingerprint density at radius 3 is 2.54 bits per heavy atom. The average molecular weight is 350 g/mol. The van der Waals surface area contributed by atoms with Crippen molar-refractivity contribution in [3.05, 3.63) is 64.7 Å². The number of aryl methyl sites for hydroxylation is 1. The van der Waals surface area contributed by atoms with Gasteiger partial charge in [-0.15, -0.1) is 0 Å². The van der Waals surface area contributed by atoms with E-state index in [1.54, 1.807) is 17.0 Å². The molecule has 2 aromatic rings. The van der Waals surface area contributed by atoms with Crippen molar-refractivity contribution in [2.24, 2.45) is 0 Å². The van der Waals surface area contributed by atoms with E-state index in [1.165, 1.54) is 5.56 Å². The van der Waals surface area contributed by atoms with Gasteiger partial charge in [-0.25, -0.2) is 0 Å². The maximum Gasteiger partial charge on any atom is 0.256 e. The molecular formula is C21H22N2O3. The van der Waals surface area contributed by atoms with E-state index >= 15 is 0 Å². The lowest BCUT2D eigenvalue weighted by atomic mass is 10.0. The van der Waals surface area contributed by atoms with Crippen LogP contribution in [0.4, 0.5) is 5.69 Å². The zero-order valence-corrected chi connectivity index (χ0v) is 14.7. The maximum atomic E-state index is 12.9. The SMILES string of the molecule is O=C(Nc1ccccc1C(=O)N1CCOCC1)c1cccc2c1CCC2. The molecule has 1 aliphatic carbocycles. The highest BCUT2D eigenvalue weighted by Crippen LogP contribution is 2.26. The smallest absolute Gasteiger partial charge is 0.256 e. The fraction of sp³-hybridized carbons (Fsp3) is 0.333. The van der Waals surface area contributed by atoms with Gasteiger partial charge in [0.05, 0.1) is 24.5 Å². The number of nitrogens with zero attached hydrogens (tertiary/aromatic N) is 1. The summed E-state index contributed by atoms with van der Waals surface area (Å²) in [6, 6.07) is 13.1. The number of anilines is 1. The van der Waals surface area contributed by atoms with Crippen LogP contribution in [-0.4, -0.2) is 43.0 Å². The third-order valence-electron chi connectivity index (χ3n) is 5.09. The number of rotatable bonds is 3. The first-order valence-electron chi connectivity index (χ1n) is 9.12. The van der Waals surface area contributed by atoms with Gasteiger partial charge >= 0.3 is 0 Å². The first-order chi connectivity index (χ1) is 12.7. The van der Waals surface area contributed by atoms with Crippen LogP contribution in [0.1, 0.15) is 38.3 Å². The fourth-order valence-corrected chi connectivity index (χ4v) is 3.74. The van der Waals surface area contributed by atoms with Gasteiger partial charge in [0, 0.05) is 18.7 Å². The number of benzene rings is 2. The van der Waals surface area contributed by atoms with E-state index < -0.39 is 0 Å². The number of hydrogen-bond acceptors (Lipinski definition) is 3.